The quantitative estimate of drug-likeness (QED) is 0.138. The van der Waals surface area contributed by atoms with Gasteiger partial charge in [-0.3, -0.25) is 19.4 Å². The molecule has 3 aliphatic rings. The number of phenolic OH excluding ortho intramolecular Hbond substituents is 2. The molecule has 46 heavy (non-hydrogen) atoms. The lowest BCUT2D eigenvalue weighted by atomic mass is 9.71. The third-order valence-electron chi connectivity index (χ3n) is 9.09. The molecule has 2 aromatic rings. The standard InChI is InChI=1S/C33H40N2O11/c1-4-5-7-16(37)13-35-22(14-36)33(43)11-18-25(21(12-33)46-23-10-19(34)28(38)15(2)45-23)32(42)27-26(30(18)40)29(39)17-8-6-9-20(44-3)24(17)31(27)41/h6,8-9,15,19,21,23,28,36,38,40,42-43H,4-5,7,10-14,34H2,1-3H3/t15-,19-,21+,23?,28+,33+/m1/s1. The van der Waals surface area contributed by atoms with Crippen molar-refractivity contribution in [1.82, 2.24) is 0 Å². The average molecular weight is 641 g/mol. The molecule has 1 heterocycles. The highest BCUT2D eigenvalue weighted by Gasteiger charge is 2.49. The number of Topliss-reactive ketones (excluding diaryl/α,β-unsaturated/α-hetero) is 1. The van der Waals surface area contributed by atoms with Crippen molar-refractivity contribution in [3.63, 3.8) is 0 Å². The molecule has 1 fully saturated rings. The molecule has 7 N–H and O–H groups in total. The van der Waals surface area contributed by atoms with Crippen LogP contribution >= 0.6 is 0 Å². The number of nitrogens with two attached hydrogens (primary N) is 1. The number of aromatic hydroxyl groups is 2. The Bertz CT molecular complexity index is 1580. The highest BCUT2D eigenvalue weighted by Crippen LogP contribution is 2.52. The lowest BCUT2D eigenvalue weighted by Crippen LogP contribution is -2.53. The van der Waals surface area contributed by atoms with Crippen molar-refractivity contribution in [2.24, 2.45) is 10.7 Å². The second-order valence-corrected chi connectivity index (χ2v) is 12.1. The van der Waals surface area contributed by atoms with Gasteiger partial charge in [-0.05, 0) is 19.4 Å². The summed E-state index contributed by atoms with van der Waals surface area (Å²) in [5.41, 5.74) is 2.77. The van der Waals surface area contributed by atoms with Crippen LogP contribution in [0.2, 0.25) is 0 Å². The number of ketones is 3. The Kier molecular flexibility index (Phi) is 9.64. The Morgan fingerprint density at radius 3 is 2.52 bits per heavy atom. The minimum absolute atomic E-state index is 0.0301. The third-order valence-corrected chi connectivity index (χ3v) is 9.09. The van der Waals surface area contributed by atoms with E-state index < -0.39 is 83.5 Å². The number of aliphatic imine (C=N–C) groups is 1. The Morgan fingerprint density at radius 2 is 1.87 bits per heavy atom. The van der Waals surface area contributed by atoms with Crippen LogP contribution in [-0.2, 0) is 20.7 Å². The van der Waals surface area contributed by atoms with E-state index in [1.54, 1.807) is 6.92 Å². The number of rotatable bonds is 10. The fraction of sp³-hybridized carbons (Fsp3) is 0.515. The van der Waals surface area contributed by atoms with Gasteiger partial charge in [0, 0.05) is 48.4 Å². The van der Waals surface area contributed by atoms with Crippen molar-refractivity contribution < 1.29 is 54.1 Å². The van der Waals surface area contributed by atoms with Gasteiger partial charge in [0.2, 0.25) is 5.78 Å². The van der Waals surface area contributed by atoms with Gasteiger partial charge in [0.05, 0.1) is 61.0 Å². The highest BCUT2D eigenvalue weighted by molar-refractivity contribution is 6.31. The first-order valence-electron chi connectivity index (χ1n) is 15.4. The number of unbranched alkanes of at least 4 members (excludes halogenated alkanes) is 1. The lowest BCUT2D eigenvalue weighted by molar-refractivity contribution is -0.245. The van der Waals surface area contributed by atoms with Gasteiger partial charge >= 0.3 is 0 Å². The predicted octanol–water partition coefficient (Wildman–Crippen LogP) is 1.63. The van der Waals surface area contributed by atoms with Crippen molar-refractivity contribution in [3.8, 4) is 17.2 Å². The van der Waals surface area contributed by atoms with Gasteiger partial charge in [0.15, 0.2) is 17.9 Å². The molecule has 0 radical (unpaired) electrons. The van der Waals surface area contributed by atoms with Gasteiger partial charge in [-0.15, -0.1) is 0 Å². The number of fused-ring (bicyclic) bond motifs is 3. The van der Waals surface area contributed by atoms with E-state index in [1.165, 1.54) is 25.3 Å². The molecule has 1 unspecified atom stereocenters. The predicted molar refractivity (Wildman–Crippen MR) is 164 cm³/mol. The lowest BCUT2D eigenvalue weighted by Gasteiger charge is -2.43. The van der Waals surface area contributed by atoms with Gasteiger partial charge in [0.1, 0.15) is 22.8 Å². The van der Waals surface area contributed by atoms with E-state index in [1.807, 2.05) is 6.92 Å². The molecule has 0 bridgehead atoms. The smallest absolute Gasteiger partial charge is 0.202 e. The number of methoxy groups -OCH3 is 1. The monoisotopic (exact) mass is 640 g/mol. The van der Waals surface area contributed by atoms with Crippen LogP contribution in [0.1, 0.15) is 95.0 Å². The molecule has 2 aliphatic carbocycles. The van der Waals surface area contributed by atoms with Crippen molar-refractivity contribution in [3.05, 3.63) is 51.6 Å². The van der Waals surface area contributed by atoms with E-state index in [2.05, 4.69) is 4.99 Å². The fourth-order valence-electron chi connectivity index (χ4n) is 6.59. The van der Waals surface area contributed by atoms with Gasteiger partial charge in [-0.2, -0.15) is 0 Å². The van der Waals surface area contributed by atoms with E-state index in [0.717, 1.165) is 6.42 Å². The summed E-state index contributed by atoms with van der Waals surface area (Å²) in [4.78, 5) is 44.3. The number of aliphatic hydroxyl groups is 3. The largest absolute Gasteiger partial charge is 0.507 e. The number of hydrogen-bond donors (Lipinski definition) is 6. The van der Waals surface area contributed by atoms with Crippen molar-refractivity contribution in [2.75, 3.05) is 20.3 Å². The van der Waals surface area contributed by atoms with Gasteiger partial charge in [-0.25, -0.2) is 0 Å². The van der Waals surface area contributed by atoms with E-state index in [-0.39, 0.29) is 65.3 Å². The number of benzene rings is 2. The molecule has 0 spiro atoms. The van der Waals surface area contributed by atoms with Crippen LogP contribution in [0.3, 0.4) is 0 Å². The molecule has 0 amide bonds. The summed E-state index contributed by atoms with van der Waals surface area (Å²) in [5.74, 6) is -2.86. The molecular formula is C33H40N2O11. The van der Waals surface area contributed by atoms with Crippen LogP contribution in [0.15, 0.2) is 23.2 Å². The second-order valence-electron chi connectivity index (χ2n) is 12.1. The summed E-state index contributed by atoms with van der Waals surface area (Å²) in [6.07, 6.45) is -3.06. The Balaban J connectivity index is 1.65. The third kappa shape index (κ3) is 5.83. The maximum absolute atomic E-state index is 13.9. The summed E-state index contributed by atoms with van der Waals surface area (Å²) < 4.78 is 17.4. The first kappa shape index (κ1) is 33.6. The minimum atomic E-state index is -2.01. The van der Waals surface area contributed by atoms with Crippen molar-refractivity contribution in [2.45, 2.75) is 88.6 Å². The Morgan fingerprint density at radius 1 is 1.15 bits per heavy atom. The Hall–Kier alpha value is -3.72. The SMILES string of the molecule is CCCCC(=O)CN=C(CO)[C@]1(O)Cc2c(O)c3c(c(O)c2[C@@H](OC2C[C@@H](N)[C@@H](O)[C@@H](C)O2)C1)C(=O)c1c(OC)cccc1C3=O. The first-order valence-corrected chi connectivity index (χ1v) is 15.4. The van der Waals surface area contributed by atoms with Crippen molar-refractivity contribution in [1.29, 1.82) is 0 Å². The summed E-state index contributed by atoms with van der Waals surface area (Å²) in [6, 6.07) is 3.70. The Labute approximate surface area is 265 Å². The summed E-state index contributed by atoms with van der Waals surface area (Å²) in [5, 5.41) is 56.0. The fourth-order valence-corrected chi connectivity index (χ4v) is 6.59. The maximum atomic E-state index is 13.9. The molecular weight excluding hydrogens is 600 g/mol. The molecule has 0 aromatic heterocycles. The summed E-state index contributed by atoms with van der Waals surface area (Å²) >= 11 is 0. The van der Waals surface area contributed by atoms with Crippen LogP contribution in [0.5, 0.6) is 17.2 Å². The number of carbonyl (C=O) groups excluding carboxylic acids is 3. The van der Waals surface area contributed by atoms with Crippen LogP contribution in [-0.4, -0.2) is 99.0 Å². The van der Waals surface area contributed by atoms with Gasteiger partial charge in [-0.1, -0.05) is 25.5 Å². The zero-order valence-electron chi connectivity index (χ0n) is 26.0. The number of aliphatic hydroxyl groups excluding tert-OH is 2. The maximum Gasteiger partial charge on any atom is 0.202 e. The average Bonchev–Trinajstić information content (AvgIpc) is 3.02. The van der Waals surface area contributed by atoms with E-state index in [0.29, 0.717) is 6.42 Å². The molecule has 0 saturated carbocycles. The van der Waals surface area contributed by atoms with Gasteiger partial charge < -0.3 is 45.5 Å². The van der Waals surface area contributed by atoms with Gasteiger partial charge in [0.25, 0.3) is 0 Å². The first-order chi connectivity index (χ1) is 21.9. The van der Waals surface area contributed by atoms with E-state index >= 15 is 0 Å². The van der Waals surface area contributed by atoms with Crippen LogP contribution < -0.4 is 10.5 Å². The van der Waals surface area contributed by atoms with Crippen LogP contribution in [0.25, 0.3) is 0 Å². The van der Waals surface area contributed by atoms with Crippen LogP contribution in [0.4, 0.5) is 0 Å². The summed E-state index contributed by atoms with van der Waals surface area (Å²) in [7, 11) is 1.34. The normalized spacial score (nSPS) is 27.5. The summed E-state index contributed by atoms with van der Waals surface area (Å²) in [6.45, 7) is 2.51. The molecule has 248 valence electrons. The zero-order valence-corrected chi connectivity index (χ0v) is 26.0. The molecule has 6 atom stereocenters. The molecule has 1 aliphatic heterocycles. The second kappa shape index (κ2) is 13.2. The molecule has 2 aromatic carbocycles. The number of nitrogens with zero attached hydrogens (tertiary/aromatic N) is 1. The topological polar surface area (TPSA) is 218 Å². The number of hydrogen-bond acceptors (Lipinski definition) is 13. The zero-order chi connectivity index (χ0) is 33.5. The van der Waals surface area contributed by atoms with E-state index in [9.17, 15) is 39.9 Å². The number of carbonyl (C=O) groups is 3. The number of phenols is 2. The molecule has 1 saturated heterocycles. The van der Waals surface area contributed by atoms with Crippen molar-refractivity contribution >= 4 is 23.1 Å². The molecule has 5 rings (SSSR count). The number of ether oxygens (including phenoxy) is 3. The molecule has 13 heteroatoms. The van der Waals surface area contributed by atoms with E-state index in [4.69, 9.17) is 19.9 Å². The molecule has 13 nitrogen and oxygen atoms in total. The van der Waals surface area contributed by atoms with Crippen LogP contribution in [0, 0.1) is 0 Å². The minimum Gasteiger partial charge on any atom is -0.507 e. The highest BCUT2D eigenvalue weighted by atomic mass is 16.7.